The number of aryl methyl sites for hydroxylation is 2. The summed E-state index contributed by atoms with van der Waals surface area (Å²) in [4.78, 5) is 27.3. The van der Waals surface area contributed by atoms with Crippen LogP contribution in [0.4, 0.5) is 0 Å². The molecule has 0 N–H and O–H groups in total. The fourth-order valence-electron chi connectivity index (χ4n) is 4.07. The van der Waals surface area contributed by atoms with Gasteiger partial charge in [-0.3, -0.25) is 9.59 Å². The molecule has 2 aromatic rings. The summed E-state index contributed by atoms with van der Waals surface area (Å²) in [6.45, 7) is 6.33. The summed E-state index contributed by atoms with van der Waals surface area (Å²) in [5.41, 5.74) is 4.07. The predicted molar refractivity (Wildman–Crippen MR) is 116 cm³/mol. The Morgan fingerprint density at radius 2 is 1.70 bits per heavy atom. The van der Waals surface area contributed by atoms with Crippen molar-refractivity contribution in [2.24, 2.45) is 5.92 Å². The number of nitrogens with zero attached hydrogens (tertiary/aromatic N) is 1. The first-order valence-electron chi connectivity index (χ1n) is 10.5. The van der Waals surface area contributed by atoms with E-state index in [1.54, 1.807) is 24.3 Å². The molecule has 4 rings (SSSR count). The number of fused-ring (bicyclic) bond motifs is 1. The van der Waals surface area contributed by atoms with Gasteiger partial charge in [0.25, 0.3) is 0 Å². The Morgan fingerprint density at radius 1 is 0.967 bits per heavy atom. The minimum atomic E-state index is -0.0695. The van der Waals surface area contributed by atoms with Gasteiger partial charge < -0.3 is 14.4 Å². The molecule has 0 aromatic heterocycles. The zero-order valence-corrected chi connectivity index (χ0v) is 17.5. The summed E-state index contributed by atoms with van der Waals surface area (Å²) < 4.78 is 11.1. The van der Waals surface area contributed by atoms with Crippen molar-refractivity contribution in [3.63, 3.8) is 0 Å². The Balaban J connectivity index is 1.34. The van der Waals surface area contributed by atoms with E-state index in [-0.39, 0.29) is 17.6 Å². The summed E-state index contributed by atoms with van der Waals surface area (Å²) in [7, 11) is 0. The van der Waals surface area contributed by atoms with E-state index in [1.165, 1.54) is 5.56 Å². The number of benzene rings is 2. The Kier molecular flexibility index (Phi) is 5.88. The van der Waals surface area contributed by atoms with Gasteiger partial charge >= 0.3 is 0 Å². The van der Waals surface area contributed by atoms with Gasteiger partial charge in [0, 0.05) is 30.6 Å². The molecular weight excluding hydrogens is 378 g/mol. The lowest BCUT2D eigenvalue weighted by atomic mass is 9.88. The average molecular weight is 405 g/mol. The topological polar surface area (TPSA) is 55.8 Å². The molecule has 5 heteroatoms. The van der Waals surface area contributed by atoms with Crippen LogP contribution in [-0.4, -0.2) is 42.9 Å². The van der Waals surface area contributed by atoms with Gasteiger partial charge in [0.2, 0.25) is 5.91 Å². The van der Waals surface area contributed by atoms with E-state index in [9.17, 15) is 9.59 Å². The van der Waals surface area contributed by atoms with Crippen LogP contribution in [0.1, 0.15) is 39.9 Å². The second kappa shape index (κ2) is 8.74. The van der Waals surface area contributed by atoms with Crippen LogP contribution in [-0.2, 0) is 4.79 Å². The number of hydrogen-bond acceptors (Lipinski definition) is 4. The largest absolute Gasteiger partial charge is 0.486 e. The van der Waals surface area contributed by atoms with Crippen molar-refractivity contribution in [1.29, 1.82) is 0 Å². The molecule has 0 radical (unpaired) electrons. The molecule has 0 bridgehead atoms. The molecule has 2 heterocycles. The summed E-state index contributed by atoms with van der Waals surface area (Å²) in [5.74, 6) is 1.37. The number of piperidine rings is 1. The summed E-state index contributed by atoms with van der Waals surface area (Å²) in [5, 5.41) is 0. The highest BCUT2D eigenvalue weighted by Crippen LogP contribution is 2.32. The average Bonchev–Trinajstić information content (AvgIpc) is 2.77. The minimum Gasteiger partial charge on any atom is -0.486 e. The van der Waals surface area contributed by atoms with Crippen molar-refractivity contribution in [2.75, 3.05) is 26.3 Å². The van der Waals surface area contributed by atoms with Crippen molar-refractivity contribution in [3.05, 3.63) is 64.7 Å². The van der Waals surface area contributed by atoms with E-state index in [1.807, 2.05) is 30.0 Å². The van der Waals surface area contributed by atoms with Gasteiger partial charge in [-0.1, -0.05) is 23.8 Å². The van der Waals surface area contributed by atoms with E-state index < -0.39 is 0 Å². The molecule has 5 nitrogen and oxygen atoms in total. The molecule has 2 aromatic carbocycles. The number of carbonyl (C=O) groups excluding carboxylic acids is 2. The third-order valence-corrected chi connectivity index (χ3v) is 5.83. The second-order valence-corrected chi connectivity index (χ2v) is 8.02. The number of ether oxygens (including phenoxy) is 2. The Bertz CT molecular complexity index is 987. The highest BCUT2D eigenvalue weighted by atomic mass is 16.6. The SMILES string of the molecule is Cc1ccc(C=CC(=O)N2CCC(C(=O)c3ccc4c(c3)OCCO4)CC2)c(C)c1. The van der Waals surface area contributed by atoms with Crippen LogP contribution in [0.15, 0.2) is 42.5 Å². The number of likely N-dealkylation sites (tertiary alicyclic amines) is 1. The number of rotatable bonds is 4. The maximum atomic E-state index is 12.9. The normalized spacial score (nSPS) is 16.7. The van der Waals surface area contributed by atoms with Crippen LogP contribution < -0.4 is 9.47 Å². The molecule has 0 saturated carbocycles. The first kappa shape index (κ1) is 20.2. The third kappa shape index (κ3) is 4.40. The molecule has 1 fully saturated rings. The lowest BCUT2D eigenvalue weighted by molar-refractivity contribution is -0.127. The van der Waals surface area contributed by atoms with Crippen LogP contribution in [0, 0.1) is 19.8 Å². The molecule has 156 valence electrons. The van der Waals surface area contributed by atoms with Crippen molar-refractivity contribution in [3.8, 4) is 11.5 Å². The van der Waals surface area contributed by atoms with Gasteiger partial charge in [-0.25, -0.2) is 0 Å². The molecular formula is C25H27NO4. The number of amides is 1. The van der Waals surface area contributed by atoms with Crippen LogP contribution in [0.25, 0.3) is 6.08 Å². The summed E-state index contributed by atoms with van der Waals surface area (Å²) >= 11 is 0. The standard InChI is InChI=1S/C25H27NO4/c1-17-3-4-19(18(2)15-17)6-8-24(27)26-11-9-20(10-12-26)25(28)21-5-7-22-23(16-21)30-14-13-29-22/h3-8,15-16,20H,9-14H2,1-2H3. The van der Waals surface area contributed by atoms with E-state index in [0.717, 1.165) is 11.1 Å². The fourth-order valence-corrected chi connectivity index (χ4v) is 4.07. The lowest BCUT2D eigenvalue weighted by Crippen LogP contribution is -2.39. The maximum Gasteiger partial charge on any atom is 0.246 e. The van der Waals surface area contributed by atoms with Crippen molar-refractivity contribution in [1.82, 2.24) is 4.90 Å². The van der Waals surface area contributed by atoms with Gasteiger partial charge in [0.15, 0.2) is 17.3 Å². The molecule has 1 saturated heterocycles. The van der Waals surface area contributed by atoms with Gasteiger partial charge in [0.05, 0.1) is 0 Å². The Morgan fingerprint density at radius 3 is 2.43 bits per heavy atom. The maximum absolute atomic E-state index is 12.9. The van der Waals surface area contributed by atoms with Gasteiger partial charge in [-0.2, -0.15) is 0 Å². The first-order valence-corrected chi connectivity index (χ1v) is 10.5. The van der Waals surface area contributed by atoms with E-state index in [4.69, 9.17) is 9.47 Å². The van der Waals surface area contributed by atoms with E-state index in [2.05, 4.69) is 13.0 Å². The van der Waals surface area contributed by atoms with Crippen LogP contribution in [0.5, 0.6) is 11.5 Å². The van der Waals surface area contributed by atoms with Crippen molar-refractivity contribution in [2.45, 2.75) is 26.7 Å². The number of hydrogen-bond donors (Lipinski definition) is 0. The van der Waals surface area contributed by atoms with Gasteiger partial charge in [0.1, 0.15) is 13.2 Å². The zero-order chi connectivity index (χ0) is 21.1. The third-order valence-electron chi connectivity index (χ3n) is 5.83. The molecule has 0 unspecified atom stereocenters. The number of carbonyl (C=O) groups is 2. The molecule has 0 spiro atoms. The van der Waals surface area contributed by atoms with E-state index in [0.29, 0.717) is 56.2 Å². The smallest absolute Gasteiger partial charge is 0.246 e. The minimum absolute atomic E-state index is 0.000188. The number of ketones is 1. The molecule has 2 aliphatic heterocycles. The molecule has 0 aliphatic carbocycles. The molecule has 1 amide bonds. The Labute approximate surface area is 177 Å². The van der Waals surface area contributed by atoms with E-state index >= 15 is 0 Å². The monoisotopic (exact) mass is 405 g/mol. The fraction of sp³-hybridized carbons (Fsp3) is 0.360. The molecule has 2 aliphatic rings. The first-order chi connectivity index (χ1) is 14.5. The lowest BCUT2D eigenvalue weighted by Gasteiger charge is -2.30. The van der Waals surface area contributed by atoms with Crippen molar-refractivity contribution >= 4 is 17.8 Å². The Hall–Kier alpha value is -3.08. The summed E-state index contributed by atoms with van der Waals surface area (Å²) in [6, 6.07) is 11.6. The zero-order valence-electron chi connectivity index (χ0n) is 17.5. The van der Waals surface area contributed by atoms with Crippen molar-refractivity contribution < 1.29 is 19.1 Å². The van der Waals surface area contributed by atoms with Gasteiger partial charge in [-0.05, 0) is 62.1 Å². The number of Topliss-reactive ketones (excluding diaryl/α,β-unsaturated/α-hetero) is 1. The van der Waals surface area contributed by atoms with Crippen LogP contribution in [0.2, 0.25) is 0 Å². The second-order valence-electron chi connectivity index (χ2n) is 8.02. The molecule has 30 heavy (non-hydrogen) atoms. The van der Waals surface area contributed by atoms with Crippen LogP contribution in [0.3, 0.4) is 0 Å². The van der Waals surface area contributed by atoms with Gasteiger partial charge in [-0.15, -0.1) is 0 Å². The highest BCUT2D eigenvalue weighted by Gasteiger charge is 2.28. The predicted octanol–water partition coefficient (Wildman–Crippen LogP) is 4.21. The quantitative estimate of drug-likeness (QED) is 0.565. The highest BCUT2D eigenvalue weighted by molar-refractivity contribution is 5.99. The molecule has 0 atom stereocenters. The van der Waals surface area contributed by atoms with Crippen LogP contribution >= 0.6 is 0 Å². The summed E-state index contributed by atoms with van der Waals surface area (Å²) in [6.07, 6.45) is 4.87.